The Labute approximate surface area is 179 Å². The van der Waals surface area contributed by atoms with Crippen molar-refractivity contribution in [3.05, 3.63) is 0 Å². The molecule has 3 saturated carbocycles. The van der Waals surface area contributed by atoms with E-state index in [9.17, 15) is 19.2 Å². The first-order chi connectivity index (χ1) is 14.6. The Balaban J connectivity index is 1.48. The normalized spacial score (nSPS) is 25.3. The molecule has 0 radical (unpaired) electrons. The molecule has 7 nitrogen and oxygen atoms in total. The Kier molecular flexibility index (Phi) is 6.74. The number of hydrogen-bond donors (Lipinski definition) is 0. The van der Waals surface area contributed by atoms with Gasteiger partial charge in [0.1, 0.15) is 6.54 Å². The maximum atomic E-state index is 13.4. The summed E-state index contributed by atoms with van der Waals surface area (Å²) in [4.78, 5) is 55.7. The van der Waals surface area contributed by atoms with Crippen molar-refractivity contribution in [2.45, 2.75) is 114 Å². The average Bonchev–Trinajstić information content (AvgIpc) is 2.99. The Hall–Kier alpha value is -1.92. The van der Waals surface area contributed by atoms with E-state index in [1.807, 2.05) is 4.90 Å². The van der Waals surface area contributed by atoms with Crippen molar-refractivity contribution in [2.24, 2.45) is 0 Å². The topological polar surface area (TPSA) is 78.0 Å². The largest absolute Gasteiger partial charge is 0.335 e. The number of rotatable bonds is 5. The highest BCUT2D eigenvalue weighted by atomic mass is 16.2. The van der Waals surface area contributed by atoms with E-state index in [1.54, 1.807) is 0 Å². The molecule has 0 N–H and O–H groups in total. The zero-order valence-corrected chi connectivity index (χ0v) is 18.0. The van der Waals surface area contributed by atoms with E-state index in [0.717, 1.165) is 93.3 Å². The molecular formula is C23H35N3O4. The third-order valence-corrected chi connectivity index (χ3v) is 7.54. The van der Waals surface area contributed by atoms with E-state index in [1.165, 1.54) is 12.8 Å². The highest BCUT2D eigenvalue weighted by molar-refractivity contribution is 6.45. The molecule has 1 heterocycles. The Morgan fingerprint density at radius 2 is 1.17 bits per heavy atom. The zero-order valence-electron chi connectivity index (χ0n) is 18.0. The number of amides is 5. The predicted molar refractivity (Wildman–Crippen MR) is 111 cm³/mol. The van der Waals surface area contributed by atoms with E-state index in [0.29, 0.717) is 0 Å². The van der Waals surface area contributed by atoms with Crippen LogP contribution in [0.25, 0.3) is 0 Å². The summed E-state index contributed by atoms with van der Waals surface area (Å²) in [7, 11) is 0. The van der Waals surface area contributed by atoms with Crippen LogP contribution < -0.4 is 0 Å². The quantitative estimate of drug-likeness (QED) is 0.506. The van der Waals surface area contributed by atoms with Gasteiger partial charge in [-0.25, -0.2) is 9.69 Å². The van der Waals surface area contributed by atoms with Gasteiger partial charge in [-0.2, -0.15) is 0 Å². The van der Waals surface area contributed by atoms with Crippen molar-refractivity contribution in [3.8, 4) is 0 Å². The predicted octanol–water partition coefficient (Wildman–Crippen LogP) is 3.60. The summed E-state index contributed by atoms with van der Waals surface area (Å²) >= 11 is 0. The van der Waals surface area contributed by atoms with Crippen LogP contribution in [0.1, 0.15) is 96.3 Å². The molecule has 0 aromatic carbocycles. The molecule has 1 aliphatic heterocycles. The number of imide groups is 2. The number of urea groups is 1. The van der Waals surface area contributed by atoms with Crippen LogP contribution >= 0.6 is 0 Å². The fourth-order valence-electron chi connectivity index (χ4n) is 5.96. The first-order valence-electron chi connectivity index (χ1n) is 12.1. The van der Waals surface area contributed by atoms with Gasteiger partial charge < -0.3 is 4.90 Å². The van der Waals surface area contributed by atoms with Crippen LogP contribution in [0.2, 0.25) is 0 Å². The summed E-state index contributed by atoms with van der Waals surface area (Å²) in [6.45, 7) is -0.292. The molecule has 0 aromatic rings. The summed E-state index contributed by atoms with van der Waals surface area (Å²) in [5.41, 5.74) is 0. The van der Waals surface area contributed by atoms with Crippen LogP contribution in [0.3, 0.4) is 0 Å². The second-order valence-corrected chi connectivity index (χ2v) is 9.53. The lowest BCUT2D eigenvalue weighted by Crippen LogP contribution is -2.53. The van der Waals surface area contributed by atoms with E-state index < -0.39 is 17.8 Å². The van der Waals surface area contributed by atoms with Crippen molar-refractivity contribution < 1.29 is 19.2 Å². The first-order valence-corrected chi connectivity index (χ1v) is 12.1. The molecular weight excluding hydrogens is 382 g/mol. The van der Waals surface area contributed by atoms with Crippen LogP contribution in [-0.2, 0) is 14.4 Å². The molecule has 166 valence electrons. The molecule has 5 amide bonds. The molecule has 7 heteroatoms. The van der Waals surface area contributed by atoms with E-state index in [2.05, 4.69) is 0 Å². The zero-order chi connectivity index (χ0) is 21.1. The van der Waals surface area contributed by atoms with Gasteiger partial charge in [-0.15, -0.1) is 0 Å². The Morgan fingerprint density at radius 3 is 1.67 bits per heavy atom. The molecule has 0 unspecified atom stereocenters. The van der Waals surface area contributed by atoms with Crippen LogP contribution in [0.4, 0.5) is 4.79 Å². The molecule has 1 saturated heterocycles. The molecule has 0 atom stereocenters. The second-order valence-electron chi connectivity index (χ2n) is 9.53. The molecule has 0 aromatic heterocycles. The van der Waals surface area contributed by atoms with Crippen LogP contribution in [0.5, 0.6) is 0 Å². The SMILES string of the molecule is O=C1C(=O)N(C2CCCCC2)C(=O)N1CC(=O)N(C1CCCCC1)C1CCCCC1. The third kappa shape index (κ3) is 4.26. The molecule has 4 aliphatic rings. The van der Waals surface area contributed by atoms with Crippen LogP contribution in [0.15, 0.2) is 0 Å². The van der Waals surface area contributed by atoms with Crippen molar-refractivity contribution in [2.75, 3.05) is 6.54 Å². The van der Waals surface area contributed by atoms with Gasteiger partial charge in [-0.3, -0.25) is 19.3 Å². The lowest BCUT2D eigenvalue weighted by atomic mass is 9.88. The summed E-state index contributed by atoms with van der Waals surface area (Å²) < 4.78 is 0. The Bertz CT molecular complexity index is 658. The fourth-order valence-corrected chi connectivity index (χ4v) is 5.96. The van der Waals surface area contributed by atoms with Crippen molar-refractivity contribution >= 4 is 23.8 Å². The number of hydrogen-bond acceptors (Lipinski definition) is 4. The van der Waals surface area contributed by atoms with Gasteiger partial charge in [0, 0.05) is 18.1 Å². The standard InChI is InChI=1S/C23H35N3O4/c27-20(25(17-10-4-1-5-11-17)18-12-6-2-7-13-18)16-24-21(28)22(29)26(23(24)30)19-14-8-3-9-15-19/h17-19H,1-16H2. The van der Waals surface area contributed by atoms with E-state index >= 15 is 0 Å². The number of carbonyl (C=O) groups excluding carboxylic acids is 4. The lowest BCUT2D eigenvalue weighted by Gasteiger charge is -2.42. The molecule has 0 spiro atoms. The minimum Gasteiger partial charge on any atom is -0.335 e. The molecule has 4 rings (SSSR count). The van der Waals surface area contributed by atoms with Gasteiger partial charge in [0.15, 0.2) is 0 Å². The van der Waals surface area contributed by atoms with Gasteiger partial charge in [0.2, 0.25) is 5.91 Å². The highest BCUT2D eigenvalue weighted by Gasteiger charge is 2.49. The molecule has 30 heavy (non-hydrogen) atoms. The van der Waals surface area contributed by atoms with Gasteiger partial charge in [0.25, 0.3) is 0 Å². The van der Waals surface area contributed by atoms with Crippen molar-refractivity contribution in [1.29, 1.82) is 0 Å². The van der Waals surface area contributed by atoms with Gasteiger partial charge >= 0.3 is 17.8 Å². The highest BCUT2D eigenvalue weighted by Crippen LogP contribution is 2.31. The molecule has 0 bridgehead atoms. The first kappa shape index (κ1) is 21.3. The van der Waals surface area contributed by atoms with Gasteiger partial charge in [-0.05, 0) is 38.5 Å². The molecule has 4 fully saturated rings. The van der Waals surface area contributed by atoms with E-state index in [4.69, 9.17) is 0 Å². The Morgan fingerprint density at radius 1 is 0.700 bits per heavy atom. The average molecular weight is 418 g/mol. The third-order valence-electron chi connectivity index (χ3n) is 7.54. The summed E-state index contributed by atoms with van der Waals surface area (Å²) in [5.74, 6) is -1.73. The fraction of sp³-hybridized carbons (Fsp3) is 0.826. The van der Waals surface area contributed by atoms with Crippen LogP contribution in [-0.4, -0.2) is 63.1 Å². The summed E-state index contributed by atoms with van der Waals surface area (Å²) in [6.07, 6.45) is 15.4. The number of nitrogens with zero attached hydrogens (tertiary/aromatic N) is 3. The molecule has 3 aliphatic carbocycles. The van der Waals surface area contributed by atoms with Crippen molar-refractivity contribution in [1.82, 2.24) is 14.7 Å². The van der Waals surface area contributed by atoms with Gasteiger partial charge in [-0.1, -0.05) is 57.8 Å². The smallest absolute Gasteiger partial charge is 0.334 e. The summed E-state index contributed by atoms with van der Waals surface area (Å²) in [5, 5.41) is 0. The maximum Gasteiger partial charge on any atom is 0.334 e. The minimum absolute atomic E-state index is 0.159. The minimum atomic E-state index is -0.828. The van der Waals surface area contributed by atoms with Crippen LogP contribution in [0, 0.1) is 0 Å². The maximum absolute atomic E-state index is 13.4. The van der Waals surface area contributed by atoms with E-state index in [-0.39, 0.29) is 30.6 Å². The number of carbonyl (C=O) groups is 4. The van der Waals surface area contributed by atoms with Gasteiger partial charge in [0.05, 0.1) is 0 Å². The monoisotopic (exact) mass is 417 g/mol. The second kappa shape index (κ2) is 9.48. The van der Waals surface area contributed by atoms with Crippen molar-refractivity contribution in [3.63, 3.8) is 0 Å². The summed E-state index contributed by atoms with van der Waals surface area (Å²) in [6, 6.07) is -0.382. The lowest BCUT2D eigenvalue weighted by molar-refractivity contribution is -0.146.